The highest BCUT2D eigenvalue weighted by Crippen LogP contribution is 2.31. The first-order chi connectivity index (χ1) is 20.0. The normalized spacial score (nSPS) is 22.2. The molecule has 4 heterocycles. The van der Waals surface area contributed by atoms with E-state index in [0.717, 1.165) is 39.9 Å². The van der Waals surface area contributed by atoms with Crippen LogP contribution >= 0.6 is 0 Å². The first kappa shape index (κ1) is 26.8. The van der Waals surface area contributed by atoms with Crippen LogP contribution in [0, 0.1) is 5.92 Å². The smallest absolute Gasteiger partial charge is 0.243 e. The number of aromatic nitrogens is 5. The van der Waals surface area contributed by atoms with Crippen molar-refractivity contribution in [1.29, 1.82) is 0 Å². The van der Waals surface area contributed by atoms with E-state index in [2.05, 4.69) is 30.9 Å². The van der Waals surface area contributed by atoms with Gasteiger partial charge in [-0.05, 0) is 66.1 Å². The fourth-order valence-corrected chi connectivity index (χ4v) is 6.06. The maximum absolute atomic E-state index is 13.9. The average molecular weight is 555 g/mol. The number of carbonyl (C=O) groups excluding carboxylic acids is 2. The zero-order valence-electron chi connectivity index (χ0n) is 23.2. The Kier molecular flexibility index (Phi) is 7.60. The van der Waals surface area contributed by atoms with Gasteiger partial charge in [-0.15, -0.1) is 5.10 Å². The van der Waals surface area contributed by atoms with Crippen LogP contribution in [0.2, 0.25) is 0 Å². The van der Waals surface area contributed by atoms with Crippen LogP contribution in [-0.4, -0.2) is 74.0 Å². The first-order valence-electron chi connectivity index (χ1n) is 14.0. The van der Waals surface area contributed by atoms with Crippen molar-refractivity contribution < 1.29 is 14.3 Å². The van der Waals surface area contributed by atoms with Crippen molar-refractivity contribution in [3.63, 3.8) is 0 Å². The molecule has 0 radical (unpaired) electrons. The molecule has 4 atom stereocenters. The van der Waals surface area contributed by atoms with Gasteiger partial charge in [0.1, 0.15) is 23.6 Å². The van der Waals surface area contributed by atoms with Crippen LogP contribution in [0.25, 0.3) is 11.0 Å². The van der Waals surface area contributed by atoms with Crippen molar-refractivity contribution in [1.82, 2.24) is 40.5 Å². The van der Waals surface area contributed by atoms with Gasteiger partial charge in [0.2, 0.25) is 11.8 Å². The zero-order valence-corrected chi connectivity index (χ0v) is 23.2. The van der Waals surface area contributed by atoms with Crippen LogP contribution in [-0.2, 0) is 29.6 Å². The van der Waals surface area contributed by atoms with E-state index in [1.165, 1.54) is 6.33 Å². The molecule has 11 heteroatoms. The minimum absolute atomic E-state index is 0.0253. The molecule has 41 heavy (non-hydrogen) atoms. The third-order valence-corrected chi connectivity index (χ3v) is 8.28. The fraction of sp³-hybridized carbons (Fsp3) is 0.400. The second kappa shape index (κ2) is 11.6. The summed E-state index contributed by atoms with van der Waals surface area (Å²) in [6.45, 7) is 1.56. The number of rotatable bonds is 8. The number of methoxy groups -OCH3 is 1. The van der Waals surface area contributed by atoms with E-state index in [1.807, 2.05) is 61.9 Å². The summed E-state index contributed by atoms with van der Waals surface area (Å²) in [6, 6.07) is 12.9. The van der Waals surface area contributed by atoms with Crippen LogP contribution < -0.4 is 15.4 Å². The van der Waals surface area contributed by atoms with Gasteiger partial charge in [-0.1, -0.05) is 23.4 Å². The molecule has 4 aromatic rings. The summed E-state index contributed by atoms with van der Waals surface area (Å²) in [5.41, 5.74) is 4.82. The maximum atomic E-state index is 13.9. The third kappa shape index (κ3) is 5.76. The topological polar surface area (TPSA) is 127 Å². The number of nitrogens with one attached hydrogen (secondary N) is 2. The summed E-state index contributed by atoms with van der Waals surface area (Å²) >= 11 is 0. The molecule has 6 rings (SSSR count). The summed E-state index contributed by atoms with van der Waals surface area (Å²) in [6.07, 6.45) is 7.16. The number of hydrogen-bond acceptors (Lipinski definition) is 8. The third-order valence-electron chi connectivity index (χ3n) is 8.28. The summed E-state index contributed by atoms with van der Waals surface area (Å²) < 4.78 is 7.01. The molecule has 2 amide bonds. The zero-order chi connectivity index (χ0) is 28.3. The second-order valence-electron chi connectivity index (χ2n) is 11.0. The van der Waals surface area contributed by atoms with Crippen molar-refractivity contribution in [2.45, 2.75) is 43.8 Å². The number of benzene rings is 2. The number of amides is 2. The number of hydrogen-bond donors (Lipinski definition) is 2. The largest absolute Gasteiger partial charge is 0.497 e. The molecule has 2 aromatic heterocycles. The predicted octanol–water partition coefficient (Wildman–Crippen LogP) is 1.99. The second-order valence-corrected chi connectivity index (χ2v) is 11.0. The van der Waals surface area contributed by atoms with E-state index < -0.39 is 6.04 Å². The molecule has 0 aliphatic carbocycles. The Morgan fingerprint density at radius 2 is 1.85 bits per heavy atom. The van der Waals surface area contributed by atoms with E-state index in [9.17, 15) is 9.59 Å². The van der Waals surface area contributed by atoms with E-state index in [-0.39, 0.29) is 29.7 Å². The molecule has 2 fully saturated rings. The molecule has 212 valence electrons. The Balaban J connectivity index is 1.16. The van der Waals surface area contributed by atoms with Gasteiger partial charge in [0, 0.05) is 45.0 Å². The number of likely N-dealkylation sites (tertiary alicyclic amines) is 1. The van der Waals surface area contributed by atoms with E-state index >= 15 is 0 Å². The molecule has 11 nitrogen and oxygen atoms in total. The van der Waals surface area contributed by atoms with Gasteiger partial charge in [0.15, 0.2) is 0 Å². The Morgan fingerprint density at radius 1 is 1.07 bits per heavy atom. The number of aryl methyl sites for hydroxylation is 1. The number of carbonyl (C=O) groups is 2. The predicted molar refractivity (Wildman–Crippen MR) is 152 cm³/mol. The van der Waals surface area contributed by atoms with Gasteiger partial charge in [0.25, 0.3) is 0 Å². The lowest BCUT2D eigenvalue weighted by molar-refractivity contribution is -0.139. The summed E-state index contributed by atoms with van der Waals surface area (Å²) in [5, 5.41) is 14.7. The van der Waals surface area contributed by atoms with Crippen molar-refractivity contribution >= 4 is 22.8 Å². The number of ether oxygens (including phenoxy) is 1. The summed E-state index contributed by atoms with van der Waals surface area (Å²) in [5.74, 6) is 0.966. The minimum Gasteiger partial charge on any atom is -0.497 e. The van der Waals surface area contributed by atoms with E-state index in [1.54, 1.807) is 16.7 Å². The van der Waals surface area contributed by atoms with Gasteiger partial charge in [-0.3, -0.25) is 9.59 Å². The Morgan fingerprint density at radius 3 is 2.63 bits per heavy atom. The van der Waals surface area contributed by atoms with Gasteiger partial charge in [-0.25, -0.2) is 14.6 Å². The Hall–Kier alpha value is -4.38. The van der Waals surface area contributed by atoms with Crippen LogP contribution in [0.1, 0.15) is 35.4 Å². The fourth-order valence-electron chi connectivity index (χ4n) is 6.06. The standard InChI is InChI=1S/C30H34N8O3/c1-37-27-8-5-20(10-25(27)35-36-37)13-34-29(39)28-11-21(9-19-3-6-24(41-2)7-4-19)17-38(28)30(40)26-12-22(16-33-26)23-14-31-18-32-15-23/h3-8,10,14-15,18,21-22,26,28,33H,9,11-13,16-17H2,1-2H3,(H,34,39). The molecule has 0 bridgehead atoms. The van der Waals surface area contributed by atoms with E-state index in [0.29, 0.717) is 32.5 Å². The molecular weight excluding hydrogens is 520 g/mol. The molecule has 2 aliphatic rings. The molecule has 2 aliphatic heterocycles. The molecule has 2 aromatic carbocycles. The lowest BCUT2D eigenvalue weighted by atomic mass is 9.96. The Bertz CT molecular complexity index is 1520. The maximum Gasteiger partial charge on any atom is 0.243 e. The highest BCUT2D eigenvalue weighted by atomic mass is 16.5. The van der Waals surface area contributed by atoms with Gasteiger partial charge in [0.05, 0.1) is 18.7 Å². The lowest BCUT2D eigenvalue weighted by Crippen LogP contribution is -2.51. The number of nitrogens with zero attached hydrogens (tertiary/aromatic N) is 6. The number of fused-ring (bicyclic) bond motifs is 1. The lowest BCUT2D eigenvalue weighted by Gasteiger charge is -2.27. The van der Waals surface area contributed by atoms with Gasteiger partial charge < -0.3 is 20.3 Å². The summed E-state index contributed by atoms with van der Waals surface area (Å²) in [7, 11) is 3.50. The highest BCUT2D eigenvalue weighted by molar-refractivity contribution is 5.90. The first-order valence-corrected chi connectivity index (χ1v) is 14.0. The molecule has 4 unspecified atom stereocenters. The monoisotopic (exact) mass is 554 g/mol. The highest BCUT2D eigenvalue weighted by Gasteiger charge is 2.43. The van der Waals surface area contributed by atoms with Crippen molar-refractivity contribution in [2.75, 3.05) is 20.2 Å². The van der Waals surface area contributed by atoms with Gasteiger partial charge >= 0.3 is 0 Å². The molecule has 2 saturated heterocycles. The molecular formula is C30H34N8O3. The van der Waals surface area contributed by atoms with Crippen LogP contribution in [0.3, 0.4) is 0 Å². The van der Waals surface area contributed by atoms with Crippen molar-refractivity contribution in [2.24, 2.45) is 13.0 Å². The average Bonchev–Trinajstić information content (AvgIpc) is 3.76. The molecule has 2 N–H and O–H groups in total. The van der Waals surface area contributed by atoms with Crippen LogP contribution in [0.4, 0.5) is 0 Å². The summed E-state index contributed by atoms with van der Waals surface area (Å²) in [4.78, 5) is 37.5. The SMILES string of the molecule is COc1ccc(CC2CC(C(=O)NCc3ccc4c(c3)nnn4C)N(C(=O)C3CC(c4cncnc4)CN3)C2)cc1. The van der Waals surface area contributed by atoms with Gasteiger partial charge in [-0.2, -0.15) is 0 Å². The van der Waals surface area contributed by atoms with E-state index in [4.69, 9.17) is 4.74 Å². The minimum atomic E-state index is -0.535. The van der Waals surface area contributed by atoms with Crippen molar-refractivity contribution in [3.8, 4) is 5.75 Å². The quantitative estimate of drug-likeness (QED) is 0.339. The van der Waals surface area contributed by atoms with Crippen LogP contribution in [0.5, 0.6) is 5.75 Å². The van der Waals surface area contributed by atoms with Crippen LogP contribution in [0.15, 0.2) is 61.2 Å². The Labute approximate surface area is 238 Å². The molecule has 0 saturated carbocycles. The molecule has 0 spiro atoms. The van der Waals surface area contributed by atoms with Crippen molar-refractivity contribution in [3.05, 3.63) is 77.9 Å².